The zero-order valence-corrected chi connectivity index (χ0v) is 14.0. The normalized spacial score (nSPS) is 19.2. The van der Waals surface area contributed by atoms with Gasteiger partial charge in [-0.05, 0) is 60.8 Å². The smallest absolute Gasteiger partial charge is 0.207 e. The van der Waals surface area contributed by atoms with Gasteiger partial charge >= 0.3 is 0 Å². The maximum absolute atomic E-state index is 12.7. The predicted molar refractivity (Wildman–Crippen MR) is 83.9 cm³/mol. The number of hydrogen-bond acceptors (Lipinski definition) is 3. The molecule has 0 aliphatic heterocycles. The fourth-order valence-corrected chi connectivity index (χ4v) is 2.85. The van der Waals surface area contributed by atoms with Crippen molar-refractivity contribution < 1.29 is 4.79 Å². The van der Waals surface area contributed by atoms with Crippen molar-refractivity contribution in [2.75, 3.05) is 20.6 Å². The van der Waals surface area contributed by atoms with Crippen LogP contribution in [0.4, 0.5) is 0 Å². The number of halogens is 1. The van der Waals surface area contributed by atoms with Gasteiger partial charge in [0, 0.05) is 6.54 Å². The average molecular weight is 340 g/mol. The van der Waals surface area contributed by atoms with Gasteiger partial charge in [-0.15, -0.1) is 0 Å². The first-order valence-electron chi connectivity index (χ1n) is 7.08. The van der Waals surface area contributed by atoms with Crippen molar-refractivity contribution in [1.29, 1.82) is 0 Å². The summed E-state index contributed by atoms with van der Waals surface area (Å²) in [6, 6.07) is 0. The monoisotopic (exact) mass is 339 g/mol. The highest BCUT2D eigenvalue weighted by atomic mass is 79.9. The summed E-state index contributed by atoms with van der Waals surface area (Å²) in [5, 5.41) is 4.31. The summed E-state index contributed by atoms with van der Waals surface area (Å²) in [5.74, 6) is 0.814. The molecule has 1 aromatic heterocycles. The van der Waals surface area contributed by atoms with Crippen molar-refractivity contribution in [1.82, 2.24) is 14.7 Å². The van der Waals surface area contributed by atoms with Crippen LogP contribution in [-0.2, 0) is 6.54 Å². The van der Waals surface area contributed by atoms with Crippen LogP contribution < -0.4 is 0 Å². The minimum Gasteiger partial charge on any atom is -0.308 e. The lowest BCUT2D eigenvalue weighted by atomic mass is 9.88. The minimum absolute atomic E-state index is 0.125. The van der Waals surface area contributed by atoms with E-state index in [4.69, 9.17) is 0 Å². The van der Waals surface area contributed by atoms with Gasteiger partial charge in [0.15, 0.2) is 0 Å². The third kappa shape index (κ3) is 3.58. The number of ketones is 1. The summed E-state index contributed by atoms with van der Waals surface area (Å²) in [6.07, 6.45) is 6.80. The Labute approximate surface area is 129 Å². The van der Waals surface area contributed by atoms with Crippen molar-refractivity contribution in [2.24, 2.45) is 5.92 Å². The quantitative estimate of drug-likeness (QED) is 0.773. The molecule has 1 heterocycles. The number of rotatable bonds is 5. The summed E-state index contributed by atoms with van der Waals surface area (Å²) < 4.78 is 2.60. The number of likely N-dealkylation sites (N-methyl/N-ethyl adjacent to an activating group) is 1. The first-order chi connectivity index (χ1) is 9.49. The summed E-state index contributed by atoms with van der Waals surface area (Å²) >= 11 is 3.46. The number of Topliss-reactive ketones (excluding diaryl/α,β-unsaturated/α-hetero) is 1. The van der Waals surface area contributed by atoms with Crippen molar-refractivity contribution >= 4 is 21.7 Å². The van der Waals surface area contributed by atoms with Gasteiger partial charge in [-0.25, -0.2) is 0 Å². The van der Waals surface area contributed by atoms with Gasteiger partial charge in [0.05, 0.1) is 17.2 Å². The third-order valence-corrected chi connectivity index (χ3v) is 4.31. The maximum atomic E-state index is 12.7. The van der Waals surface area contributed by atoms with Crippen LogP contribution in [0.3, 0.4) is 0 Å². The highest BCUT2D eigenvalue weighted by Gasteiger charge is 2.23. The summed E-state index contributed by atoms with van der Waals surface area (Å²) in [4.78, 5) is 14.8. The number of carbonyl (C=O) groups excluding carboxylic acids is 1. The lowest BCUT2D eigenvalue weighted by Gasteiger charge is -2.18. The third-order valence-electron chi connectivity index (χ3n) is 3.73. The first kappa shape index (κ1) is 15.4. The second-order valence-electron chi connectivity index (χ2n) is 5.81. The van der Waals surface area contributed by atoms with Gasteiger partial charge in [0.25, 0.3) is 0 Å². The van der Waals surface area contributed by atoms with E-state index in [0.29, 0.717) is 11.6 Å². The highest BCUT2D eigenvalue weighted by molar-refractivity contribution is 9.10. The Morgan fingerprint density at radius 3 is 2.90 bits per heavy atom. The molecule has 0 spiro atoms. The zero-order valence-electron chi connectivity index (χ0n) is 12.4. The molecule has 1 aliphatic rings. The lowest BCUT2D eigenvalue weighted by molar-refractivity contribution is 0.101. The molecule has 2 rings (SSSR count). The lowest BCUT2D eigenvalue weighted by Crippen LogP contribution is -2.22. The highest BCUT2D eigenvalue weighted by Crippen LogP contribution is 2.27. The number of allylic oxidation sites excluding steroid dienone is 2. The van der Waals surface area contributed by atoms with Crippen LogP contribution in [0, 0.1) is 5.92 Å². The Hall–Kier alpha value is -0.940. The topological polar surface area (TPSA) is 38.1 Å². The molecule has 110 valence electrons. The van der Waals surface area contributed by atoms with E-state index in [-0.39, 0.29) is 5.78 Å². The van der Waals surface area contributed by atoms with E-state index in [1.165, 1.54) is 0 Å². The molecular weight excluding hydrogens is 318 g/mol. The Morgan fingerprint density at radius 1 is 1.55 bits per heavy atom. The van der Waals surface area contributed by atoms with Crippen LogP contribution in [0.5, 0.6) is 0 Å². The standard InChI is InChI=1S/C15H22BrN3O/c1-11-4-6-12(7-5-11)15(20)14-13(16)10-17-19(14)9-8-18(2)3/h6,10-11H,4-5,7-9H2,1-3H3. The van der Waals surface area contributed by atoms with Crippen molar-refractivity contribution in [3.8, 4) is 0 Å². The molecule has 1 unspecified atom stereocenters. The molecule has 1 aliphatic carbocycles. The SMILES string of the molecule is CC1CC=C(C(=O)c2c(Br)cnn2CCN(C)C)CC1. The van der Waals surface area contributed by atoms with Crippen LogP contribution in [0.2, 0.25) is 0 Å². The van der Waals surface area contributed by atoms with E-state index in [0.717, 1.165) is 42.4 Å². The predicted octanol–water partition coefficient (Wildman–Crippen LogP) is 3.14. The largest absolute Gasteiger partial charge is 0.308 e. The van der Waals surface area contributed by atoms with E-state index in [9.17, 15) is 4.79 Å². The summed E-state index contributed by atoms with van der Waals surface area (Å²) in [5.41, 5.74) is 1.63. The molecule has 1 atom stereocenters. The molecule has 4 nitrogen and oxygen atoms in total. The molecule has 0 bridgehead atoms. The number of aromatic nitrogens is 2. The molecule has 1 aromatic rings. The molecule has 0 aromatic carbocycles. The molecule has 0 fully saturated rings. The van der Waals surface area contributed by atoms with Gasteiger partial charge in [0.1, 0.15) is 5.69 Å². The van der Waals surface area contributed by atoms with E-state index in [2.05, 4.69) is 38.9 Å². The maximum Gasteiger partial charge on any atom is 0.207 e. The molecule has 0 saturated carbocycles. The Balaban J connectivity index is 2.19. The summed E-state index contributed by atoms with van der Waals surface area (Å²) in [7, 11) is 4.04. The minimum atomic E-state index is 0.125. The van der Waals surface area contributed by atoms with Gasteiger partial charge < -0.3 is 4.90 Å². The number of carbonyl (C=O) groups is 1. The van der Waals surface area contributed by atoms with Crippen LogP contribution in [0.15, 0.2) is 22.3 Å². The molecule has 0 N–H and O–H groups in total. The molecule has 0 saturated heterocycles. The van der Waals surface area contributed by atoms with Crippen molar-refractivity contribution in [3.63, 3.8) is 0 Å². The summed E-state index contributed by atoms with van der Waals surface area (Å²) in [6.45, 7) is 3.82. The first-order valence-corrected chi connectivity index (χ1v) is 7.88. The van der Waals surface area contributed by atoms with Crippen molar-refractivity contribution in [2.45, 2.75) is 32.7 Å². The van der Waals surface area contributed by atoms with Crippen LogP contribution in [-0.4, -0.2) is 41.1 Å². The van der Waals surface area contributed by atoms with Gasteiger partial charge in [-0.1, -0.05) is 13.0 Å². The molecule has 0 amide bonds. The Bertz CT molecular complexity index is 519. The molecule has 0 radical (unpaired) electrons. The molecule has 5 heteroatoms. The number of hydrogen-bond donors (Lipinski definition) is 0. The fourth-order valence-electron chi connectivity index (χ4n) is 2.38. The van der Waals surface area contributed by atoms with E-state index in [1.807, 2.05) is 18.8 Å². The molecular formula is C15H22BrN3O. The second kappa shape index (κ2) is 6.68. The second-order valence-corrected chi connectivity index (χ2v) is 6.66. The van der Waals surface area contributed by atoms with E-state index >= 15 is 0 Å². The zero-order chi connectivity index (χ0) is 14.7. The van der Waals surface area contributed by atoms with Crippen LogP contribution in [0.25, 0.3) is 0 Å². The molecule has 20 heavy (non-hydrogen) atoms. The van der Waals surface area contributed by atoms with Gasteiger partial charge in [-0.2, -0.15) is 5.10 Å². The number of nitrogens with zero attached hydrogens (tertiary/aromatic N) is 3. The van der Waals surface area contributed by atoms with Crippen LogP contribution in [0.1, 0.15) is 36.7 Å². The van der Waals surface area contributed by atoms with E-state index < -0.39 is 0 Å². The van der Waals surface area contributed by atoms with Crippen molar-refractivity contribution in [3.05, 3.63) is 28.0 Å². The van der Waals surface area contributed by atoms with E-state index in [1.54, 1.807) is 6.20 Å². The Kier molecular flexibility index (Phi) is 5.16. The Morgan fingerprint density at radius 2 is 2.30 bits per heavy atom. The van der Waals surface area contributed by atoms with Gasteiger partial charge in [-0.3, -0.25) is 9.48 Å². The fraction of sp³-hybridized carbons (Fsp3) is 0.600. The van der Waals surface area contributed by atoms with Crippen LogP contribution >= 0.6 is 15.9 Å². The average Bonchev–Trinajstić information content (AvgIpc) is 2.77. The van der Waals surface area contributed by atoms with Gasteiger partial charge in [0.2, 0.25) is 5.78 Å².